The number of hydrogen-bond donors (Lipinski definition) is 1. The van der Waals surface area contributed by atoms with Crippen LogP contribution in [0.2, 0.25) is 0 Å². The first-order valence-corrected chi connectivity index (χ1v) is 8.94. The van der Waals surface area contributed by atoms with Crippen LogP contribution in [0.25, 0.3) is 0 Å². The Morgan fingerprint density at radius 3 is 3.04 bits per heavy atom. The highest BCUT2D eigenvalue weighted by molar-refractivity contribution is 5.79. The van der Waals surface area contributed by atoms with Gasteiger partial charge in [0.25, 0.3) is 6.43 Å². The minimum atomic E-state index is -2.48. The fraction of sp³-hybridized carbons (Fsp3) is 0.812. The molecule has 0 aliphatic carbocycles. The Bertz CT molecular complexity index is 619. The van der Waals surface area contributed by atoms with E-state index in [1.807, 2.05) is 4.90 Å². The number of fused-ring (bicyclic) bond motifs is 1. The highest BCUT2D eigenvalue weighted by Crippen LogP contribution is 2.35. The molecule has 1 aromatic rings. The maximum absolute atomic E-state index is 13.4. The Morgan fingerprint density at radius 1 is 1.40 bits per heavy atom. The lowest BCUT2D eigenvalue weighted by Gasteiger charge is -2.41. The summed E-state index contributed by atoms with van der Waals surface area (Å²) < 4.78 is 33.5. The van der Waals surface area contributed by atoms with Gasteiger partial charge in [0.15, 0.2) is 0 Å². The molecule has 0 spiro atoms. The summed E-state index contributed by atoms with van der Waals surface area (Å²) >= 11 is 0. The highest BCUT2D eigenvalue weighted by atomic mass is 19.3. The second-order valence-electron chi connectivity index (χ2n) is 7.16. The second kappa shape index (κ2) is 6.86. The Kier molecular flexibility index (Phi) is 4.58. The first kappa shape index (κ1) is 16.7. The molecular weight excluding hydrogens is 332 g/mol. The number of nitrogens with one attached hydrogen (secondary N) is 1. The van der Waals surface area contributed by atoms with Gasteiger partial charge in [-0.3, -0.25) is 4.79 Å². The Hall–Kier alpha value is -1.77. The third-order valence-electron chi connectivity index (χ3n) is 5.61. The van der Waals surface area contributed by atoms with Crippen LogP contribution in [-0.2, 0) is 9.53 Å². The van der Waals surface area contributed by atoms with Crippen LogP contribution in [0.1, 0.15) is 31.7 Å². The van der Waals surface area contributed by atoms with E-state index in [1.165, 1.54) is 11.0 Å². The summed E-state index contributed by atoms with van der Waals surface area (Å²) in [5.74, 6) is 0.641. The van der Waals surface area contributed by atoms with Gasteiger partial charge in [-0.15, -0.1) is 0 Å². The second-order valence-corrected chi connectivity index (χ2v) is 7.16. The maximum Gasteiger partial charge on any atom is 0.260 e. The van der Waals surface area contributed by atoms with Crippen LogP contribution in [0.4, 0.5) is 14.7 Å². The molecule has 0 aromatic carbocycles. The van der Waals surface area contributed by atoms with Crippen molar-refractivity contribution in [3.63, 3.8) is 0 Å². The zero-order valence-corrected chi connectivity index (χ0v) is 14.0. The Morgan fingerprint density at radius 2 is 2.28 bits per heavy atom. The molecule has 2 saturated heterocycles. The molecule has 1 N–H and O–H groups in total. The van der Waals surface area contributed by atoms with E-state index in [0.29, 0.717) is 32.1 Å². The van der Waals surface area contributed by atoms with Crippen LogP contribution >= 0.6 is 0 Å². The van der Waals surface area contributed by atoms with E-state index < -0.39 is 12.5 Å². The van der Waals surface area contributed by atoms with E-state index in [2.05, 4.69) is 15.4 Å². The van der Waals surface area contributed by atoms with Crippen molar-refractivity contribution in [1.29, 1.82) is 0 Å². The van der Waals surface area contributed by atoms with Gasteiger partial charge in [-0.2, -0.15) is 10.1 Å². The molecule has 4 atom stereocenters. The van der Waals surface area contributed by atoms with Crippen LogP contribution in [0.5, 0.6) is 0 Å². The fourth-order valence-electron chi connectivity index (χ4n) is 4.23. The molecular formula is C16H23F2N5O2. The summed E-state index contributed by atoms with van der Waals surface area (Å²) in [7, 11) is 0. The molecule has 138 valence electrons. The van der Waals surface area contributed by atoms with Crippen molar-refractivity contribution in [2.45, 2.75) is 44.2 Å². The zero-order chi connectivity index (χ0) is 17.4. The Labute approximate surface area is 144 Å². The molecule has 0 unspecified atom stereocenters. The summed E-state index contributed by atoms with van der Waals surface area (Å²) in [5.41, 5.74) is 0. The summed E-state index contributed by atoms with van der Waals surface area (Å²) in [6.45, 7) is 2.49. The van der Waals surface area contributed by atoms with Gasteiger partial charge >= 0.3 is 0 Å². The number of alkyl halides is 2. The number of piperidine rings is 1. The minimum absolute atomic E-state index is 0.0463. The molecule has 7 nitrogen and oxygen atoms in total. The van der Waals surface area contributed by atoms with Gasteiger partial charge in [0, 0.05) is 25.7 Å². The average Bonchev–Trinajstić information content (AvgIpc) is 3.31. The van der Waals surface area contributed by atoms with E-state index in [1.54, 1.807) is 0 Å². The van der Waals surface area contributed by atoms with Crippen molar-refractivity contribution >= 4 is 11.9 Å². The summed E-state index contributed by atoms with van der Waals surface area (Å²) in [4.78, 5) is 18.6. The van der Waals surface area contributed by atoms with Gasteiger partial charge in [-0.05, 0) is 31.6 Å². The van der Waals surface area contributed by atoms with E-state index >= 15 is 0 Å². The van der Waals surface area contributed by atoms with Crippen molar-refractivity contribution in [2.24, 2.45) is 11.8 Å². The van der Waals surface area contributed by atoms with E-state index in [4.69, 9.17) is 4.74 Å². The van der Waals surface area contributed by atoms with Gasteiger partial charge in [-0.25, -0.2) is 13.5 Å². The number of rotatable bonds is 3. The lowest BCUT2D eigenvalue weighted by Crippen LogP contribution is -2.49. The quantitative estimate of drug-likeness (QED) is 0.891. The number of amides is 1. The number of carbonyl (C=O) groups excluding carboxylic acids is 1. The van der Waals surface area contributed by atoms with E-state index in [9.17, 15) is 13.6 Å². The molecule has 4 heterocycles. The first-order valence-electron chi connectivity index (χ1n) is 8.94. The number of carbonyl (C=O) groups is 1. The maximum atomic E-state index is 13.4. The van der Waals surface area contributed by atoms with Crippen molar-refractivity contribution in [3.8, 4) is 0 Å². The van der Waals surface area contributed by atoms with E-state index in [-0.39, 0.29) is 23.8 Å². The van der Waals surface area contributed by atoms with Gasteiger partial charge in [0.1, 0.15) is 12.4 Å². The third kappa shape index (κ3) is 3.21. The number of likely N-dealkylation sites (tertiary alicyclic amines) is 1. The fourth-order valence-corrected chi connectivity index (χ4v) is 4.23. The van der Waals surface area contributed by atoms with Gasteiger partial charge in [-0.1, -0.05) is 0 Å². The number of nitrogens with zero attached hydrogens (tertiary/aromatic N) is 4. The van der Waals surface area contributed by atoms with Crippen LogP contribution in [0.3, 0.4) is 0 Å². The molecule has 0 saturated carbocycles. The van der Waals surface area contributed by atoms with Crippen molar-refractivity contribution in [3.05, 3.63) is 6.33 Å². The van der Waals surface area contributed by atoms with Gasteiger partial charge < -0.3 is 15.0 Å². The molecule has 0 radical (unpaired) electrons. The number of aromatic nitrogens is 3. The number of halogens is 2. The summed E-state index contributed by atoms with van der Waals surface area (Å²) in [6.07, 6.45) is 1.71. The number of ether oxygens (including phenoxy) is 1. The predicted molar refractivity (Wildman–Crippen MR) is 85.3 cm³/mol. The molecule has 3 aliphatic heterocycles. The highest BCUT2D eigenvalue weighted by Gasteiger charge is 2.40. The van der Waals surface area contributed by atoms with Crippen LogP contribution < -0.4 is 5.32 Å². The largest absolute Gasteiger partial charge is 0.381 e. The SMILES string of the molecule is O=C([C@H]1CCOC1)N1CCC[C@@H]([C@@H]2C[C@H](C(F)F)n3ncnc3N2)C1. The first-order chi connectivity index (χ1) is 12.1. The minimum Gasteiger partial charge on any atom is -0.381 e. The van der Waals surface area contributed by atoms with Gasteiger partial charge in [0.05, 0.1) is 12.5 Å². The van der Waals surface area contributed by atoms with Crippen molar-refractivity contribution < 1.29 is 18.3 Å². The number of anilines is 1. The molecule has 4 rings (SSSR count). The third-order valence-corrected chi connectivity index (χ3v) is 5.61. The summed E-state index contributed by atoms with van der Waals surface area (Å²) in [5, 5.41) is 7.17. The lowest BCUT2D eigenvalue weighted by atomic mass is 9.85. The molecule has 9 heteroatoms. The van der Waals surface area contributed by atoms with Crippen LogP contribution in [0.15, 0.2) is 6.33 Å². The monoisotopic (exact) mass is 355 g/mol. The van der Waals surface area contributed by atoms with Crippen molar-refractivity contribution in [1.82, 2.24) is 19.7 Å². The molecule has 25 heavy (non-hydrogen) atoms. The molecule has 1 amide bonds. The standard InChI is InChI=1S/C16H23F2N5O2/c17-14(18)13-6-12(21-16-19-9-20-23(13)16)10-2-1-4-22(7-10)15(24)11-3-5-25-8-11/h9-14H,1-8H2,(H,19,20,21)/t10-,11+,12+,13-/m1/s1. The molecule has 0 bridgehead atoms. The number of hydrogen-bond acceptors (Lipinski definition) is 5. The van der Waals surface area contributed by atoms with Crippen molar-refractivity contribution in [2.75, 3.05) is 31.6 Å². The van der Waals surface area contributed by atoms with E-state index in [0.717, 1.165) is 25.8 Å². The molecule has 1 aromatic heterocycles. The lowest BCUT2D eigenvalue weighted by molar-refractivity contribution is -0.137. The van der Waals surface area contributed by atoms with Crippen LogP contribution in [0, 0.1) is 11.8 Å². The summed E-state index contributed by atoms with van der Waals surface area (Å²) in [6, 6.07) is -1.08. The zero-order valence-electron chi connectivity index (χ0n) is 14.0. The smallest absolute Gasteiger partial charge is 0.260 e. The normalized spacial score (nSPS) is 32.5. The van der Waals surface area contributed by atoms with Gasteiger partial charge in [0.2, 0.25) is 11.9 Å². The average molecular weight is 355 g/mol. The molecule has 2 fully saturated rings. The van der Waals surface area contributed by atoms with Crippen LogP contribution in [-0.4, -0.2) is 64.3 Å². The predicted octanol–water partition coefficient (Wildman–Crippen LogP) is 1.54. The Balaban J connectivity index is 1.45. The topological polar surface area (TPSA) is 72.3 Å². The molecule has 3 aliphatic rings.